The summed E-state index contributed by atoms with van der Waals surface area (Å²) in [5.41, 5.74) is 0.430. The molecule has 0 saturated heterocycles. The minimum absolute atomic E-state index is 0.0534. The predicted molar refractivity (Wildman–Crippen MR) is 60.9 cm³/mol. The molecular weight excluding hydrogens is 224 g/mol. The van der Waals surface area contributed by atoms with Crippen molar-refractivity contribution in [2.45, 2.75) is 12.8 Å². The number of nitrogens with zero attached hydrogens (tertiary/aromatic N) is 1. The van der Waals surface area contributed by atoms with E-state index >= 15 is 0 Å². The van der Waals surface area contributed by atoms with Crippen LogP contribution in [0.5, 0.6) is 0 Å². The number of carbonyl (C=O) groups excluding carboxylic acids is 1. The fourth-order valence-electron chi connectivity index (χ4n) is 1.19. The summed E-state index contributed by atoms with van der Waals surface area (Å²) in [4.78, 5) is 25.6. The molecule has 17 heavy (non-hydrogen) atoms. The fraction of sp³-hybridized carbons (Fsp3) is 0.364. The van der Waals surface area contributed by atoms with Crippen molar-refractivity contribution in [2.24, 2.45) is 0 Å². The van der Waals surface area contributed by atoms with E-state index in [4.69, 9.17) is 9.84 Å². The second-order valence-corrected chi connectivity index (χ2v) is 3.38. The van der Waals surface area contributed by atoms with Gasteiger partial charge in [-0.1, -0.05) is 0 Å². The molecule has 0 saturated carbocycles. The molecule has 0 unspecified atom stereocenters. The molecule has 0 spiro atoms. The molecule has 6 nitrogen and oxygen atoms in total. The van der Waals surface area contributed by atoms with Crippen molar-refractivity contribution in [1.29, 1.82) is 0 Å². The number of ether oxygens (including phenoxy) is 1. The summed E-state index contributed by atoms with van der Waals surface area (Å²) in [6.45, 7) is 0.531. The second kappa shape index (κ2) is 6.59. The van der Waals surface area contributed by atoms with Gasteiger partial charge in [-0.2, -0.15) is 0 Å². The highest BCUT2D eigenvalue weighted by Gasteiger charge is 2.05. The first-order valence-electron chi connectivity index (χ1n) is 5.11. The number of rotatable bonds is 6. The summed E-state index contributed by atoms with van der Waals surface area (Å²) in [6.07, 6.45) is 2.31. The van der Waals surface area contributed by atoms with Crippen molar-refractivity contribution in [1.82, 2.24) is 4.98 Å². The number of aromatic nitrogens is 1. The number of anilines is 1. The molecule has 1 aromatic rings. The molecule has 0 bridgehead atoms. The first-order chi connectivity index (χ1) is 8.13. The lowest BCUT2D eigenvalue weighted by atomic mass is 10.3. The molecular formula is C11H14N2O4. The van der Waals surface area contributed by atoms with Crippen molar-refractivity contribution in [3.8, 4) is 0 Å². The first-order valence-corrected chi connectivity index (χ1v) is 5.11. The second-order valence-electron chi connectivity index (χ2n) is 3.38. The molecule has 0 aliphatic rings. The zero-order valence-corrected chi connectivity index (χ0v) is 9.47. The number of carboxylic acids is 1. The number of carboxylic acid groups (broad SMARTS) is 1. The van der Waals surface area contributed by atoms with Gasteiger partial charge in [0.2, 0.25) is 5.91 Å². The number of pyridine rings is 1. The van der Waals surface area contributed by atoms with Crippen LogP contribution >= 0.6 is 0 Å². The third-order valence-corrected chi connectivity index (χ3v) is 2.02. The summed E-state index contributed by atoms with van der Waals surface area (Å²) in [5, 5.41) is 11.3. The monoisotopic (exact) mass is 238 g/mol. The van der Waals surface area contributed by atoms with Gasteiger partial charge in [-0.05, 0) is 18.6 Å². The lowest BCUT2D eigenvalue weighted by molar-refractivity contribution is -0.116. The van der Waals surface area contributed by atoms with Crippen molar-refractivity contribution in [3.05, 3.63) is 24.0 Å². The first kappa shape index (κ1) is 13.1. The highest BCUT2D eigenvalue weighted by atomic mass is 16.5. The van der Waals surface area contributed by atoms with E-state index in [2.05, 4.69) is 10.3 Å². The quantitative estimate of drug-likeness (QED) is 0.725. The summed E-state index contributed by atoms with van der Waals surface area (Å²) >= 11 is 0. The summed E-state index contributed by atoms with van der Waals surface area (Å²) in [5.74, 6) is -1.24. The van der Waals surface area contributed by atoms with Gasteiger partial charge in [-0.15, -0.1) is 0 Å². The lowest BCUT2D eigenvalue weighted by Crippen LogP contribution is -2.12. The van der Waals surface area contributed by atoms with Crippen LogP contribution in [0.3, 0.4) is 0 Å². The van der Waals surface area contributed by atoms with Gasteiger partial charge in [-0.3, -0.25) is 4.79 Å². The van der Waals surface area contributed by atoms with Gasteiger partial charge in [0.15, 0.2) is 0 Å². The Bertz CT molecular complexity index is 389. The number of aromatic carboxylic acids is 1. The van der Waals surface area contributed by atoms with Crippen molar-refractivity contribution in [3.63, 3.8) is 0 Å². The fourth-order valence-corrected chi connectivity index (χ4v) is 1.19. The van der Waals surface area contributed by atoms with Gasteiger partial charge in [-0.25, -0.2) is 9.78 Å². The van der Waals surface area contributed by atoms with Crippen LogP contribution in [0.25, 0.3) is 0 Å². The Labute approximate surface area is 98.6 Å². The van der Waals surface area contributed by atoms with E-state index in [-0.39, 0.29) is 11.6 Å². The third-order valence-electron chi connectivity index (χ3n) is 2.02. The molecule has 0 aliphatic carbocycles. The topological polar surface area (TPSA) is 88.5 Å². The molecule has 2 N–H and O–H groups in total. The van der Waals surface area contributed by atoms with Crippen molar-refractivity contribution >= 4 is 17.6 Å². The number of carbonyl (C=O) groups is 2. The minimum atomic E-state index is -1.09. The van der Waals surface area contributed by atoms with Gasteiger partial charge in [0.05, 0.1) is 11.9 Å². The van der Waals surface area contributed by atoms with Crippen LogP contribution < -0.4 is 5.32 Å². The number of hydrogen-bond acceptors (Lipinski definition) is 4. The number of hydrogen-bond donors (Lipinski definition) is 2. The average molecular weight is 238 g/mol. The van der Waals surface area contributed by atoms with Crippen molar-refractivity contribution in [2.75, 3.05) is 19.0 Å². The number of nitrogens with one attached hydrogen (secondary N) is 1. The van der Waals surface area contributed by atoms with Crippen LogP contribution in [-0.4, -0.2) is 35.7 Å². The molecule has 1 amide bonds. The van der Waals surface area contributed by atoms with Gasteiger partial charge in [0, 0.05) is 20.1 Å². The Balaban J connectivity index is 2.46. The Morgan fingerprint density at radius 2 is 2.24 bits per heavy atom. The van der Waals surface area contributed by atoms with E-state index in [9.17, 15) is 9.59 Å². The third kappa shape index (κ3) is 4.60. The standard InChI is InChI=1S/C11H14N2O4/c1-17-6-2-3-10(14)13-8-4-5-9(11(15)16)12-7-8/h4-5,7H,2-3,6H2,1H3,(H,13,14)(H,15,16). The molecule has 0 atom stereocenters. The summed E-state index contributed by atoms with van der Waals surface area (Å²) in [7, 11) is 1.58. The molecule has 1 aromatic heterocycles. The highest BCUT2D eigenvalue weighted by molar-refractivity contribution is 5.91. The molecule has 0 fully saturated rings. The average Bonchev–Trinajstić information content (AvgIpc) is 2.30. The number of methoxy groups -OCH3 is 1. The molecule has 0 aliphatic heterocycles. The van der Waals surface area contributed by atoms with Crippen LogP contribution in [0.15, 0.2) is 18.3 Å². The molecule has 1 rings (SSSR count). The van der Waals surface area contributed by atoms with Gasteiger partial charge >= 0.3 is 5.97 Å². The Morgan fingerprint density at radius 3 is 2.76 bits per heavy atom. The largest absolute Gasteiger partial charge is 0.477 e. The van der Waals surface area contributed by atoms with E-state index in [0.717, 1.165) is 0 Å². The maximum Gasteiger partial charge on any atom is 0.354 e. The van der Waals surface area contributed by atoms with E-state index in [1.807, 2.05) is 0 Å². The zero-order chi connectivity index (χ0) is 12.7. The number of amides is 1. The minimum Gasteiger partial charge on any atom is -0.477 e. The van der Waals surface area contributed by atoms with Crippen LogP contribution in [0.1, 0.15) is 23.3 Å². The van der Waals surface area contributed by atoms with Crippen LogP contribution in [0.4, 0.5) is 5.69 Å². The van der Waals surface area contributed by atoms with Gasteiger partial charge < -0.3 is 15.2 Å². The molecule has 92 valence electrons. The Hall–Kier alpha value is -1.95. The maximum atomic E-state index is 11.4. The van der Waals surface area contributed by atoms with Crippen LogP contribution in [0.2, 0.25) is 0 Å². The van der Waals surface area contributed by atoms with Crippen LogP contribution in [0, 0.1) is 0 Å². The predicted octanol–water partition coefficient (Wildman–Crippen LogP) is 1.14. The van der Waals surface area contributed by atoms with E-state index in [1.165, 1.54) is 18.3 Å². The van der Waals surface area contributed by atoms with Gasteiger partial charge in [0.1, 0.15) is 5.69 Å². The zero-order valence-electron chi connectivity index (χ0n) is 9.47. The highest BCUT2D eigenvalue weighted by Crippen LogP contribution is 2.07. The Morgan fingerprint density at radius 1 is 1.47 bits per heavy atom. The summed E-state index contributed by atoms with van der Waals surface area (Å²) in [6, 6.07) is 2.85. The SMILES string of the molecule is COCCCC(=O)Nc1ccc(C(=O)O)nc1. The van der Waals surface area contributed by atoms with Crippen LogP contribution in [-0.2, 0) is 9.53 Å². The lowest BCUT2D eigenvalue weighted by Gasteiger charge is -2.04. The maximum absolute atomic E-state index is 11.4. The molecule has 6 heteroatoms. The van der Waals surface area contributed by atoms with Crippen molar-refractivity contribution < 1.29 is 19.4 Å². The molecule has 0 aromatic carbocycles. The van der Waals surface area contributed by atoms with Gasteiger partial charge in [0.25, 0.3) is 0 Å². The normalized spacial score (nSPS) is 9.94. The Kier molecular flexibility index (Phi) is 5.09. The van der Waals surface area contributed by atoms with E-state index < -0.39 is 5.97 Å². The molecule has 0 radical (unpaired) electrons. The van der Waals surface area contributed by atoms with E-state index in [1.54, 1.807) is 7.11 Å². The van der Waals surface area contributed by atoms with E-state index in [0.29, 0.717) is 25.1 Å². The summed E-state index contributed by atoms with van der Waals surface area (Å²) < 4.78 is 4.83. The smallest absolute Gasteiger partial charge is 0.354 e. The molecule has 1 heterocycles.